The Morgan fingerprint density at radius 1 is 1.23 bits per heavy atom. The summed E-state index contributed by atoms with van der Waals surface area (Å²) in [5.74, 6) is 3.86. The summed E-state index contributed by atoms with van der Waals surface area (Å²) >= 11 is 2.11. The molecular weight excluding hydrogens is 178 g/mol. The first-order valence-electron chi connectivity index (χ1n) is 5.70. The zero-order valence-corrected chi connectivity index (χ0v) is 9.04. The molecule has 0 aromatic carbocycles. The van der Waals surface area contributed by atoms with Crippen molar-refractivity contribution in [3.63, 3.8) is 0 Å². The van der Waals surface area contributed by atoms with Crippen LogP contribution in [0.5, 0.6) is 0 Å². The quantitative estimate of drug-likeness (QED) is 0.742. The van der Waals surface area contributed by atoms with E-state index in [1.54, 1.807) is 0 Å². The lowest BCUT2D eigenvalue weighted by Gasteiger charge is -2.18. The van der Waals surface area contributed by atoms with Crippen molar-refractivity contribution in [2.75, 3.05) is 18.1 Å². The van der Waals surface area contributed by atoms with Crippen LogP contribution in [0.25, 0.3) is 0 Å². The summed E-state index contributed by atoms with van der Waals surface area (Å²) in [5, 5.41) is 3.78. The molecule has 1 nitrogen and oxygen atoms in total. The molecule has 3 rings (SSSR count). The molecule has 3 aliphatic rings. The van der Waals surface area contributed by atoms with E-state index in [-0.39, 0.29) is 0 Å². The van der Waals surface area contributed by atoms with Crippen LogP contribution in [0.2, 0.25) is 0 Å². The Morgan fingerprint density at radius 3 is 2.62 bits per heavy atom. The Morgan fingerprint density at radius 2 is 2.08 bits per heavy atom. The third-order valence-corrected chi connectivity index (χ3v) is 5.17. The predicted octanol–water partition coefficient (Wildman–Crippen LogP) is 2.27. The minimum absolute atomic E-state index is 0.799. The maximum absolute atomic E-state index is 3.78. The van der Waals surface area contributed by atoms with Crippen molar-refractivity contribution in [1.82, 2.24) is 5.32 Å². The number of hydrogen-bond donors (Lipinski definition) is 1. The van der Waals surface area contributed by atoms with E-state index in [0.29, 0.717) is 0 Å². The van der Waals surface area contributed by atoms with Gasteiger partial charge in [-0.2, -0.15) is 11.8 Å². The fraction of sp³-hybridized carbons (Fsp3) is 1.00. The van der Waals surface area contributed by atoms with Crippen LogP contribution in [-0.4, -0.2) is 24.1 Å². The second-order valence-electron chi connectivity index (χ2n) is 5.08. The van der Waals surface area contributed by atoms with E-state index in [0.717, 1.165) is 17.4 Å². The third kappa shape index (κ3) is 1.75. The molecule has 2 saturated carbocycles. The summed E-state index contributed by atoms with van der Waals surface area (Å²) in [6, 6.07) is 0.848. The summed E-state index contributed by atoms with van der Waals surface area (Å²) in [7, 11) is 0. The lowest BCUT2D eigenvalue weighted by atomic mass is 10.0. The lowest BCUT2D eigenvalue weighted by molar-refractivity contribution is 0.381. The van der Waals surface area contributed by atoms with Gasteiger partial charge in [0, 0.05) is 18.3 Å². The SMILES string of the molecule is C1CC(NCC2(C3CC3)CC2)CS1. The standard InChI is InChI=1S/C11H19NS/c1-2-9(1)11(4-5-11)8-12-10-3-6-13-7-10/h9-10,12H,1-8H2. The Labute approximate surface area is 85.0 Å². The fourth-order valence-corrected chi connectivity index (χ4v) is 3.82. The van der Waals surface area contributed by atoms with Gasteiger partial charge in [-0.25, -0.2) is 0 Å². The van der Waals surface area contributed by atoms with E-state index in [4.69, 9.17) is 0 Å². The van der Waals surface area contributed by atoms with Crippen LogP contribution in [0.4, 0.5) is 0 Å². The first-order valence-corrected chi connectivity index (χ1v) is 6.86. The third-order valence-electron chi connectivity index (χ3n) is 4.01. The van der Waals surface area contributed by atoms with Gasteiger partial charge >= 0.3 is 0 Å². The van der Waals surface area contributed by atoms with Crippen LogP contribution >= 0.6 is 11.8 Å². The van der Waals surface area contributed by atoms with Gasteiger partial charge in [0.05, 0.1) is 0 Å². The topological polar surface area (TPSA) is 12.0 Å². The minimum Gasteiger partial charge on any atom is -0.313 e. The zero-order chi connectivity index (χ0) is 8.73. The van der Waals surface area contributed by atoms with Crippen LogP contribution in [-0.2, 0) is 0 Å². The van der Waals surface area contributed by atoms with Gasteiger partial charge in [0.1, 0.15) is 0 Å². The average molecular weight is 197 g/mol. The van der Waals surface area contributed by atoms with E-state index >= 15 is 0 Å². The molecule has 1 heterocycles. The number of rotatable bonds is 4. The first-order chi connectivity index (χ1) is 6.39. The van der Waals surface area contributed by atoms with E-state index < -0.39 is 0 Å². The molecule has 1 unspecified atom stereocenters. The van der Waals surface area contributed by atoms with E-state index in [1.165, 1.54) is 50.2 Å². The van der Waals surface area contributed by atoms with Crippen molar-refractivity contribution >= 4 is 11.8 Å². The maximum Gasteiger partial charge on any atom is 0.0166 e. The van der Waals surface area contributed by atoms with Gasteiger partial charge in [0.25, 0.3) is 0 Å². The van der Waals surface area contributed by atoms with Gasteiger partial charge in [-0.1, -0.05) is 0 Å². The van der Waals surface area contributed by atoms with Gasteiger partial charge in [-0.05, 0) is 49.2 Å². The number of hydrogen-bond acceptors (Lipinski definition) is 2. The molecule has 0 bridgehead atoms. The van der Waals surface area contributed by atoms with Crippen LogP contribution in [0.3, 0.4) is 0 Å². The molecule has 0 aromatic heterocycles. The van der Waals surface area contributed by atoms with Gasteiger partial charge in [-0.3, -0.25) is 0 Å². The predicted molar refractivity (Wildman–Crippen MR) is 58.1 cm³/mol. The molecule has 1 aliphatic heterocycles. The second-order valence-corrected chi connectivity index (χ2v) is 6.23. The number of nitrogens with one attached hydrogen (secondary N) is 1. The van der Waals surface area contributed by atoms with Gasteiger partial charge < -0.3 is 5.32 Å². The van der Waals surface area contributed by atoms with Crippen molar-refractivity contribution in [2.45, 2.75) is 38.1 Å². The Bertz CT molecular complexity index is 190. The Kier molecular flexibility index (Phi) is 2.09. The summed E-state index contributed by atoms with van der Waals surface area (Å²) < 4.78 is 0. The molecule has 13 heavy (non-hydrogen) atoms. The van der Waals surface area contributed by atoms with Crippen molar-refractivity contribution in [3.05, 3.63) is 0 Å². The summed E-state index contributed by atoms with van der Waals surface area (Å²) in [6.07, 6.45) is 7.50. The molecular formula is C11H19NS. The monoisotopic (exact) mass is 197 g/mol. The molecule has 0 aromatic rings. The zero-order valence-electron chi connectivity index (χ0n) is 8.22. The second kappa shape index (κ2) is 3.16. The minimum atomic E-state index is 0.799. The highest BCUT2D eigenvalue weighted by molar-refractivity contribution is 7.99. The summed E-state index contributed by atoms with van der Waals surface area (Å²) in [5.41, 5.74) is 0.799. The van der Waals surface area contributed by atoms with E-state index in [2.05, 4.69) is 17.1 Å². The molecule has 1 atom stereocenters. The maximum atomic E-state index is 3.78. The Hall–Kier alpha value is 0.310. The fourth-order valence-electron chi connectivity index (χ4n) is 2.63. The van der Waals surface area contributed by atoms with Crippen LogP contribution in [0.15, 0.2) is 0 Å². The lowest BCUT2D eigenvalue weighted by Crippen LogP contribution is -2.34. The van der Waals surface area contributed by atoms with E-state index in [9.17, 15) is 0 Å². The van der Waals surface area contributed by atoms with Crippen molar-refractivity contribution in [3.8, 4) is 0 Å². The van der Waals surface area contributed by atoms with Gasteiger partial charge in [0.15, 0.2) is 0 Å². The molecule has 2 heteroatoms. The molecule has 3 fully saturated rings. The van der Waals surface area contributed by atoms with Crippen molar-refractivity contribution in [2.24, 2.45) is 11.3 Å². The van der Waals surface area contributed by atoms with Crippen LogP contribution in [0, 0.1) is 11.3 Å². The molecule has 74 valence electrons. The highest BCUT2D eigenvalue weighted by atomic mass is 32.2. The smallest absolute Gasteiger partial charge is 0.0166 e. The van der Waals surface area contributed by atoms with Crippen LogP contribution in [0.1, 0.15) is 32.1 Å². The molecule has 1 saturated heterocycles. The molecule has 0 amide bonds. The largest absolute Gasteiger partial charge is 0.313 e. The average Bonchev–Trinajstić information content (AvgIpc) is 3.02. The van der Waals surface area contributed by atoms with Crippen molar-refractivity contribution in [1.29, 1.82) is 0 Å². The molecule has 2 aliphatic carbocycles. The Balaban J connectivity index is 1.46. The van der Waals surface area contributed by atoms with Gasteiger partial charge in [0.2, 0.25) is 0 Å². The molecule has 0 spiro atoms. The first kappa shape index (κ1) is 8.60. The molecule has 0 radical (unpaired) electrons. The highest BCUT2D eigenvalue weighted by Crippen LogP contribution is 2.60. The van der Waals surface area contributed by atoms with Crippen LogP contribution < -0.4 is 5.32 Å². The van der Waals surface area contributed by atoms with Crippen molar-refractivity contribution < 1.29 is 0 Å². The van der Waals surface area contributed by atoms with E-state index in [1.807, 2.05) is 0 Å². The summed E-state index contributed by atoms with van der Waals surface area (Å²) in [6.45, 7) is 1.34. The number of thioether (sulfide) groups is 1. The normalized spacial score (nSPS) is 36.5. The van der Waals surface area contributed by atoms with Gasteiger partial charge in [-0.15, -0.1) is 0 Å². The summed E-state index contributed by atoms with van der Waals surface area (Å²) in [4.78, 5) is 0. The molecule has 1 N–H and O–H groups in total. The highest BCUT2D eigenvalue weighted by Gasteiger charge is 2.53.